The molecule has 1 N–H and O–H groups in total. The number of carbonyl (C=O) groups is 1. The van der Waals surface area contributed by atoms with Gasteiger partial charge in [0, 0.05) is 30.3 Å². The first-order valence-corrected chi connectivity index (χ1v) is 8.78. The van der Waals surface area contributed by atoms with Crippen LogP contribution in [0, 0.1) is 17.0 Å². The predicted octanol–water partition coefficient (Wildman–Crippen LogP) is 3.68. The van der Waals surface area contributed by atoms with E-state index in [-0.39, 0.29) is 11.6 Å². The summed E-state index contributed by atoms with van der Waals surface area (Å²) in [6.07, 6.45) is 0. The van der Waals surface area contributed by atoms with E-state index in [0.717, 1.165) is 25.2 Å². The largest absolute Gasteiger partial charge is 0.348 e. The summed E-state index contributed by atoms with van der Waals surface area (Å²) in [5.74, 6) is -0.314. The second kappa shape index (κ2) is 9.10. The summed E-state index contributed by atoms with van der Waals surface area (Å²) in [6.45, 7) is 9.04. The Bertz CT molecular complexity index is 786. The number of carbonyl (C=O) groups excluding carboxylic acids is 1. The average Bonchev–Trinajstić information content (AvgIpc) is 2.65. The fourth-order valence-electron chi connectivity index (χ4n) is 2.80. The fraction of sp³-hybridized carbons (Fsp3) is 0.350. The van der Waals surface area contributed by atoms with E-state index in [2.05, 4.69) is 30.1 Å². The number of nitro groups is 1. The Morgan fingerprint density at radius 2 is 1.77 bits per heavy atom. The number of hydrogen-bond donors (Lipinski definition) is 1. The number of rotatable bonds is 8. The quantitative estimate of drug-likeness (QED) is 0.579. The molecule has 26 heavy (non-hydrogen) atoms. The van der Waals surface area contributed by atoms with Crippen molar-refractivity contribution in [3.63, 3.8) is 0 Å². The third-order valence-electron chi connectivity index (χ3n) is 4.51. The summed E-state index contributed by atoms with van der Waals surface area (Å²) in [5.41, 5.74) is 3.01. The molecule has 0 atom stereocenters. The number of nitrogens with one attached hydrogen (secondary N) is 1. The van der Waals surface area contributed by atoms with Gasteiger partial charge in [0.05, 0.1) is 4.92 Å². The minimum atomic E-state index is -0.467. The van der Waals surface area contributed by atoms with Crippen molar-refractivity contribution in [2.45, 2.75) is 33.9 Å². The van der Waals surface area contributed by atoms with Gasteiger partial charge in [-0.05, 0) is 37.2 Å². The molecule has 138 valence electrons. The molecular weight excluding hydrogens is 330 g/mol. The third-order valence-corrected chi connectivity index (χ3v) is 4.51. The maximum absolute atomic E-state index is 12.4. The molecule has 0 saturated heterocycles. The molecule has 0 spiro atoms. The Labute approximate surface area is 154 Å². The monoisotopic (exact) mass is 355 g/mol. The van der Waals surface area contributed by atoms with Crippen LogP contribution in [0.1, 0.15) is 40.9 Å². The van der Waals surface area contributed by atoms with E-state index in [1.165, 1.54) is 11.6 Å². The molecule has 2 rings (SSSR count). The van der Waals surface area contributed by atoms with Crippen LogP contribution in [-0.4, -0.2) is 28.8 Å². The summed E-state index contributed by atoms with van der Waals surface area (Å²) < 4.78 is 0. The smallest absolute Gasteiger partial charge is 0.273 e. The van der Waals surface area contributed by atoms with Crippen LogP contribution >= 0.6 is 0 Å². The van der Waals surface area contributed by atoms with Gasteiger partial charge in [0.15, 0.2) is 0 Å². The van der Waals surface area contributed by atoms with Crippen molar-refractivity contribution in [3.05, 3.63) is 74.8 Å². The van der Waals surface area contributed by atoms with Gasteiger partial charge in [-0.2, -0.15) is 0 Å². The van der Waals surface area contributed by atoms with Gasteiger partial charge in [-0.25, -0.2) is 0 Å². The Morgan fingerprint density at radius 3 is 2.38 bits per heavy atom. The van der Waals surface area contributed by atoms with Gasteiger partial charge in [-0.1, -0.05) is 44.2 Å². The van der Waals surface area contributed by atoms with E-state index in [1.807, 2.05) is 18.2 Å². The van der Waals surface area contributed by atoms with Crippen molar-refractivity contribution in [3.8, 4) is 0 Å². The van der Waals surface area contributed by atoms with Crippen molar-refractivity contribution in [1.82, 2.24) is 10.2 Å². The Kier molecular flexibility index (Phi) is 6.86. The van der Waals surface area contributed by atoms with Crippen molar-refractivity contribution < 1.29 is 9.72 Å². The molecule has 0 bridgehead atoms. The minimum absolute atomic E-state index is 0.0421. The molecule has 0 heterocycles. The Morgan fingerprint density at radius 1 is 1.12 bits per heavy atom. The standard InChI is InChI=1S/C20H25N3O3/c1-4-22(5-2)14-18-9-7-6-8-17(18)13-21-20(24)16-11-10-15(3)19(12-16)23(25)26/h6-12H,4-5,13-14H2,1-3H3,(H,21,24). The van der Waals surface area contributed by atoms with E-state index in [0.29, 0.717) is 17.7 Å². The van der Waals surface area contributed by atoms with E-state index < -0.39 is 4.92 Å². The molecular formula is C20H25N3O3. The lowest BCUT2D eigenvalue weighted by Crippen LogP contribution is -2.26. The molecule has 6 nitrogen and oxygen atoms in total. The third kappa shape index (κ3) is 4.89. The van der Waals surface area contributed by atoms with Crippen molar-refractivity contribution in [1.29, 1.82) is 0 Å². The van der Waals surface area contributed by atoms with Crippen molar-refractivity contribution in [2.75, 3.05) is 13.1 Å². The topological polar surface area (TPSA) is 75.5 Å². The molecule has 2 aromatic rings. The molecule has 0 aliphatic rings. The molecule has 0 unspecified atom stereocenters. The molecule has 2 aromatic carbocycles. The highest BCUT2D eigenvalue weighted by atomic mass is 16.6. The van der Waals surface area contributed by atoms with Crippen LogP contribution in [-0.2, 0) is 13.1 Å². The number of amides is 1. The second-order valence-corrected chi connectivity index (χ2v) is 6.17. The van der Waals surface area contributed by atoms with E-state index in [4.69, 9.17) is 0 Å². The highest BCUT2D eigenvalue weighted by molar-refractivity contribution is 5.94. The molecule has 0 saturated carbocycles. The van der Waals surface area contributed by atoms with Crippen LogP contribution < -0.4 is 5.32 Å². The highest BCUT2D eigenvalue weighted by Gasteiger charge is 2.15. The first-order chi connectivity index (χ1) is 12.5. The van der Waals surface area contributed by atoms with Crippen LogP contribution in [0.15, 0.2) is 42.5 Å². The van der Waals surface area contributed by atoms with Gasteiger partial charge in [0.2, 0.25) is 0 Å². The number of benzene rings is 2. The molecule has 0 radical (unpaired) electrons. The van der Waals surface area contributed by atoms with E-state index >= 15 is 0 Å². The zero-order valence-corrected chi connectivity index (χ0v) is 15.5. The van der Waals surface area contributed by atoms with Crippen LogP contribution in [0.5, 0.6) is 0 Å². The zero-order valence-electron chi connectivity index (χ0n) is 15.5. The first-order valence-electron chi connectivity index (χ1n) is 8.78. The minimum Gasteiger partial charge on any atom is -0.348 e. The Balaban J connectivity index is 2.10. The molecule has 0 aliphatic heterocycles. The summed E-state index contributed by atoms with van der Waals surface area (Å²) in [7, 11) is 0. The van der Waals surface area contributed by atoms with Crippen molar-refractivity contribution in [2.24, 2.45) is 0 Å². The molecule has 0 fully saturated rings. The number of hydrogen-bond acceptors (Lipinski definition) is 4. The van der Waals surface area contributed by atoms with Gasteiger partial charge in [-0.15, -0.1) is 0 Å². The average molecular weight is 355 g/mol. The van der Waals surface area contributed by atoms with Gasteiger partial charge in [0.25, 0.3) is 11.6 Å². The SMILES string of the molecule is CCN(CC)Cc1ccccc1CNC(=O)c1ccc(C)c([N+](=O)[O-])c1. The zero-order chi connectivity index (χ0) is 19.1. The van der Waals surface area contributed by atoms with E-state index in [9.17, 15) is 14.9 Å². The maximum atomic E-state index is 12.4. The lowest BCUT2D eigenvalue weighted by molar-refractivity contribution is -0.385. The number of aryl methyl sites for hydroxylation is 1. The first kappa shape index (κ1) is 19.6. The van der Waals surface area contributed by atoms with Gasteiger partial charge < -0.3 is 5.32 Å². The molecule has 0 aliphatic carbocycles. The van der Waals surface area contributed by atoms with Crippen LogP contribution in [0.2, 0.25) is 0 Å². The second-order valence-electron chi connectivity index (χ2n) is 6.17. The van der Waals surface area contributed by atoms with Gasteiger partial charge in [-0.3, -0.25) is 19.8 Å². The van der Waals surface area contributed by atoms with Crippen LogP contribution in [0.25, 0.3) is 0 Å². The normalized spacial score (nSPS) is 10.8. The van der Waals surface area contributed by atoms with E-state index in [1.54, 1.807) is 19.1 Å². The lowest BCUT2D eigenvalue weighted by Gasteiger charge is -2.20. The molecule has 0 aromatic heterocycles. The fourth-order valence-corrected chi connectivity index (χ4v) is 2.80. The highest BCUT2D eigenvalue weighted by Crippen LogP contribution is 2.19. The lowest BCUT2D eigenvalue weighted by atomic mass is 10.1. The predicted molar refractivity (Wildman–Crippen MR) is 102 cm³/mol. The summed E-state index contributed by atoms with van der Waals surface area (Å²) >= 11 is 0. The summed E-state index contributed by atoms with van der Waals surface area (Å²) in [6, 6.07) is 12.5. The summed E-state index contributed by atoms with van der Waals surface area (Å²) in [4.78, 5) is 25.3. The number of nitro benzene ring substituents is 1. The Hall–Kier alpha value is -2.73. The number of nitrogens with zero attached hydrogens (tertiary/aromatic N) is 2. The van der Waals surface area contributed by atoms with Crippen LogP contribution in [0.3, 0.4) is 0 Å². The molecule has 1 amide bonds. The van der Waals surface area contributed by atoms with Gasteiger partial charge >= 0.3 is 0 Å². The van der Waals surface area contributed by atoms with Crippen LogP contribution in [0.4, 0.5) is 5.69 Å². The molecule has 6 heteroatoms. The van der Waals surface area contributed by atoms with Gasteiger partial charge in [0.1, 0.15) is 0 Å². The maximum Gasteiger partial charge on any atom is 0.273 e. The van der Waals surface area contributed by atoms with Crippen molar-refractivity contribution >= 4 is 11.6 Å². The summed E-state index contributed by atoms with van der Waals surface area (Å²) in [5, 5.41) is 13.9.